The van der Waals surface area contributed by atoms with Crippen LogP contribution >= 0.6 is 0 Å². The third kappa shape index (κ3) is 6.28. The molecular formula is C24H21N3O5S. The summed E-state index contributed by atoms with van der Waals surface area (Å²) >= 11 is 0. The molecular weight excluding hydrogens is 442 g/mol. The van der Waals surface area contributed by atoms with Gasteiger partial charge in [-0.15, -0.1) is 0 Å². The van der Waals surface area contributed by atoms with Crippen molar-refractivity contribution in [3.63, 3.8) is 0 Å². The Hall–Kier alpha value is -3.95. The number of aryl methyl sites for hydroxylation is 2. The Morgan fingerprint density at radius 3 is 2.33 bits per heavy atom. The van der Waals surface area contributed by atoms with Gasteiger partial charge in [-0.2, -0.15) is 0 Å². The van der Waals surface area contributed by atoms with E-state index in [9.17, 15) is 23.1 Å². The molecule has 0 aliphatic carbocycles. The average molecular weight is 464 g/mol. The molecule has 33 heavy (non-hydrogen) atoms. The van der Waals surface area contributed by atoms with E-state index in [-0.39, 0.29) is 10.6 Å². The number of nitro groups is 1. The number of para-hydroxylation sites is 1. The van der Waals surface area contributed by atoms with E-state index in [2.05, 4.69) is 5.10 Å². The molecule has 0 saturated carbocycles. The van der Waals surface area contributed by atoms with Crippen molar-refractivity contribution in [2.24, 2.45) is 7.05 Å². The molecule has 8 nitrogen and oxygen atoms in total. The summed E-state index contributed by atoms with van der Waals surface area (Å²) < 4.78 is 33.0. The quantitative estimate of drug-likeness (QED) is 0.195. The van der Waals surface area contributed by atoms with E-state index < -0.39 is 15.0 Å². The van der Waals surface area contributed by atoms with Gasteiger partial charge >= 0.3 is 0 Å². The molecule has 0 spiro atoms. The van der Waals surface area contributed by atoms with Crippen molar-refractivity contribution in [1.29, 1.82) is 0 Å². The van der Waals surface area contributed by atoms with Crippen LogP contribution in [-0.2, 0) is 17.2 Å². The summed E-state index contributed by atoms with van der Waals surface area (Å²) in [6, 6.07) is 20.3. The highest BCUT2D eigenvalue weighted by molar-refractivity contribution is 7.85. The zero-order chi connectivity index (χ0) is 24.0. The second-order valence-corrected chi connectivity index (χ2v) is 8.57. The molecule has 0 aliphatic heterocycles. The van der Waals surface area contributed by atoms with Crippen LogP contribution in [0.25, 0.3) is 23.1 Å². The Morgan fingerprint density at radius 1 is 0.970 bits per heavy atom. The molecule has 9 heteroatoms. The van der Waals surface area contributed by atoms with Crippen molar-refractivity contribution in [3.05, 3.63) is 106 Å². The highest BCUT2D eigenvalue weighted by Crippen LogP contribution is 2.19. The summed E-state index contributed by atoms with van der Waals surface area (Å²) in [6.07, 6.45) is 5.57. The lowest BCUT2D eigenvalue weighted by Crippen LogP contribution is -2.33. The molecule has 3 aromatic carbocycles. The largest absolute Gasteiger partial charge is 0.744 e. The number of aromatic nitrogens is 2. The van der Waals surface area contributed by atoms with Gasteiger partial charge in [0.2, 0.25) is 5.52 Å². The monoisotopic (exact) mass is 463 g/mol. The predicted molar refractivity (Wildman–Crippen MR) is 124 cm³/mol. The van der Waals surface area contributed by atoms with Crippen molar-refractivity contribution in [3.8, 4) is 0 Å². The SMILES string of the molecule is C[n+]1ncc(C=Cc2cccc([N+](=O)[O-])c2)c2ccccc21.Cc1ccc(S(=O)(=O)[O-])cc1. The Kier molecular flexibility index (Phi) is 7.27. The van der Waals surface area contributed by atoms with Crippen molar-refractivity contribution < 1.29 is 22.6 Å². The first-order valence-corrected chi connectivity index (χ1v) is 11.2. The molecule has 0 aliphatic rings. The van der Waals surface area contributed by atoms with Crippen LogP contribution in [0.3, 0.4) is 0 Å². The fourth-order valence-electron chi connectivity index (χ4n) is 3.05. The van der Waals surface area contributed by atoms with Gasteiger partial charge in [0.25, 0.3) is 5.69 Å². The van der Waals surface area contributed by atoms with Gasteiger partial charge in [0.05, 0.1) is 15.2 Å². The molecule has 168 valence electrons. The Bertz CT molecular complexity index is 1430. The summed E-state index contributed by atoms with van der Waals surface area (Å²) in [4.78, 5) is 10.2. The standard InChI is InChI=1S/C17H14N3O2.C7H8O3S/c1-19-17-8-3-2-7-16(17)14(12-18-19)10-9-13-5-4-6-15(11-13)20(21)22;1-6-2-4-7(5-3-6)11(8,9)10/h2-12H,1H3;2-5H,1H3,(H,8,9,10)/q+1;/p-1. The Balaban J connectivity index is 0.000000235. The number of nitro benzene ring substituents is 1. The lowest BCUT2D eigenvalue weighted by atomic mass is 10.1. The molecule has 0 amide bonds. The fourth-order valence-corrected chi connectivity index (χ4v) is 3.52. The van der Waals surface area contributed by atoms with Crippen molar-refractivity contribution in [1.82, 2.24) is 5.10 Å². The number of non-ortho nitro benzene ring substituents is 1. The highest BCUT2D eigenvalue weighted by atomic mass is 32.2. The molecule has 0 saturated heterocycles. The van der Waals surface area contributed by atoms with Crippen LogP contribution in [0.2, 0.25) is 0 Å². The molecule has 0 unspecified atom stereocenters. The van der Waals surface area contributed by atoms with Crippen LogP contribution in [0, 0.1) is 17.0 Å². The number of rotatable bonds is 4. The summed E-state index contributed by atoms with van der Waals surface area (Å²) in [5.74, 6) is 0. The molecule has 4 rings (SSSR count). The van der Waals surface area contributed by atoms with Crippen LogP contribution in [0.1, 0.15) is 16.7 Å². The normalized spacial score (nSPS) is 11.2. The third-order valence-electron chi connectivity index (χ3n) is 4.78. The maximum Gasteiger partial charge on any atom is 0.270 e. The molecule has 4 aromatic rings. The van der Waals surface area contributed by atoms with Crippen LogP contribution in [0.15, 0.2) is 83.9 Å². The predicted octanol–water partition coefficient (Wildman–Crippen LogP) is 4.04. The summed E-state index contributed by atoms with van der Waals surface area (Å²) in [5.41, 5.74) is 3.80. The summed E-state index contributed by atoms with van der Waals surface area (Å²) in [6.45, 7) is 1.82. The minimum Gasteiger partial charge on any atom is -0.744 e. The molecule has 0 N–H and O–H groups in total. The number of hydrogen-bond donors (Lipinski definition) is 0. The van der Waals surface area contributed by atoms with E-state index in [0.29, 0.717) is 0 Å². The van der Waals surface area contributed by atoms with Crippen molar-refractivity contribution >= 4 is 38.9 Å². The Labute approximate surface area is 191 Å². The van der Waals surface area contributed by atoms with Crippen LogP contribution in [0.4, 0.5) is 5.69 Å². The van der Waals surface area contributed by atoms with Gasteiger partial charge in [-0.3, -0.25) is 10.1 Å². The van der Waals surface area contributed by atoms with Gasteiger partial charge < -0.3 is 4.55 Å². The third-order valence-corrected chi connectivity index (χ3v) is 5.63. The van der Waals surface area contributed by atoms with E-state index >= 15 is 0 Å². The second-order valence-electron chi connectivity index (χ2n) is 7.19. The van der Waals surface area contributed by atoms with Crippen molar-refractivity contribution in [2.45, 2.75) is 11.8 Å². The smallest absolute Gasteiger partial charge is 0.270 e. The highest BCUT2D eigenvalue weighted by Gasteiger charge is 2.09. The lowest BCUT2D eigenvalue weighted by Gasteiger charge is -2.05. The van der Waals surface area contributed by atoms with Crippen LogP contribution in [0.5, 0.6) is 0 Å². The Morgan fingerprint density at radius 2 is 1.67 bits per heavy atom. The van der Waals surface area contributed by atoms with E-state index in [1.54, 1.807) is 30.5 Å². The van der Waals surface area contributed by atoms with E-state index in [1.165, 1.54) is 18.2 Å². The number of fused-ring (bicyclic) bond motifs is 1. The first-order valence-electron chi connectivity index (χ1n) is 9.84. The van der Waals surface area contributed by atoms with Gasteiger partial charge in [-0.25, -0.2) is 8.42 Å². The number of nitrogens with zero attached hydrogens (tertiary/aromatic N) is 3. The van der Waals surface area contributed by atoms with Gasteiger partial charge in [0.15, 0.2) is 7.05 Å². The van der Waals surface area contributed by atoms with Crippen LogP contribution < -0.4 is 4.68 Å². The first-order chi connectivity index (χ1) is 15.6. The average Bonchev–Trinajstić information content (AvgIpc) is 2.79. The molecule has 0 bridgehead atoms. The summed E-state index contributed by atoms with van der Waals surface area (Å²) in [5, 5.41) is 16.2. The zero-order valence-corrected chi connectivity index (χ0v) is 18.8. The minimum atomic E-state index is -4.27. The maximum atomic E-state index is 10.8. The van der Waals surface area contributed by atoms with E-state index in [4.69, 9.17) is 0 Å². The summed E-state index contributed by atoms with van der Waals surface area (Å²) in [7, 11) is -2.37. The van der Waals surface area contributed by atoms with E-state index in [1.807, 2.05) is 61.1 Å². The van der Waals surface area contributed by atoms with Gasteiger partial charge in [0.1, 0.15) is 16.3 Å². The second kappa shape index (κ2) is 10.1. The first kappa shape index (κ1) is 23.7. The van der Waals surface area contributed by atoms with Gasteiger partial charge in [0, 0.05) is 23.8 Å². The minimum absolute atomic E-state index is 0.0876. The van der Waals surface area contributed by atoms with Crippen molar-refractivity contribution in [2.75, 3.05) is 0 Å². The molecule has 1 heterocycles. The molecule has 0 fully saturated rings. The molecule has 1 aromatic heterocycles. The number of benzene rings is 3. The van der Waals surface area contributed by atoms with Crippen LogP contribution in [-0.4, -0.2) is 23.0 Å². The fraction of sp³-hybridized carbons (Fsp3) is 0.0833. The maximum absolute atomic E-state index is 10.8. The van der Waals surface area contributed by atoms with E-state index in [0.717, 1.165) is 27.6 Å². The zero-order valence-electron chi connectivity index (χ0n) is 18.0. The lowest BCUT2D eigenvalue weighted by molar-refractivity contribution is -0.705. The topological polar surface area (TPSA) is 117 Å². The van der Waals surface area contributed by atoms with Gasteiger partial charge in [-0.05, 0) is 35.8 Å². The number of hydrogen-bond acceptors (Lipinski definition) is 6. The molecule has 0 atom stereocenters. The molecule has 0 radical (unpaired) electrons. The van der Waals surface area contributed by atoms with Gasteiger partial charge in [-0.1, -0.05) is 58.8 Å².